The number of hydrogen-bond donors (Lipinski definition) is 18. The van der Waals surface area contributed by atoms with Gasteiger partial charge in [-0.25, -0.2) is 0 Å². The molecule has 0 saturated carbocycles. The van der Waals surface area contributed by atoms with E-state index in [1.807, 2.05) is 0 Å². The Kier molecular flexibility index (Phi) is 42.3. The van der Waals surface area contributed by atoms with Gasteiger partial charge in [0.1, 0.15) is 54.4 Å². The number of hydrogen-bond acceptors (Lipinski definition) is 18. The Morgan fingerprint density at radius 3 is 1.30 bits per heavy atom. The topological polar surface area (TPSA) is 521 Å². The highest BCUT2D eigenvalue weighted by molar-refractivity contribution is 6.00. The van der Waals surface area contributed by atoms with Crippen LogP contribution in [0.5, 0.6) is 0 Å². The number of nitrogens with one attached hydrogen (secondary N) is 10. The van der Waals surface area contributed by atoms with E-state index in [9.17, 15) is 87.9 Å². The lowest BCUT2D eigenvalue weighted by Gasteiger charge is -2.29. The molecule has 13 amide bonds. The molecule has 1 saturated heterocycles. The first-order valence-electron chi connectivity index (χ1n) is 32.7. The zero-order chi connectivity index (χ0) is 69.3. The number of aliphatic hydroxyl groups excluding tert-OH is 5. The average molecular weight is 1310 g/mol. The molecule has 1 heterocycles. The summed E-state index contributed by atoms with van der Waals surface area (Å²) >= 11 is 0. The highest BCUT2D eigenvalue weighted by Crippen LogP contribution is 2.17. The van der Waals surface area contributed by atoms with Crippen molar-refractivity contribution in [2.75, 3.05) is 13.1 Å². The normalized spacial score (nSPS) is 23.5. The van der Waals surface area contributed by atoms with Gasteiger partial charge in [0.05, 0.1) is 43.8 Å². The number of unbranched alkanes of at least 4 members (excludes halogenated alkanes) is 15. The molecule has 13 atom stereocenters. The molecule has 1 aliphatic heterocycles. The molecule has 526 valence electrons. The summed E-state index contributed by atoms with van der Waals surface area (Å²) in [5, 5.41) is 76.6. The van der Waals surface area contributed by atoms with Crippen molar-refractivity contribution in [2.24, 2.45) is 17.2 Å². The van der Waals surface area contributed by atoms with E-state index in [-0.39, 0.29) is 25.8 Å². The number of primary amides is 3. The van der Waals surface area contributed by atoms with Gasteiger partial charge in [0, 0.05) is 19.4 Å². The van der Waals surface area contributed by atoms with Crippen molar-refractivity contribution < 1.29 is 87.9 Å². The molecule has 0 radical (unpaired) electrons. The monoisotopic (exact) mass is 1310 g/mol. The van der Waals surface area contributed by atoms with Gasteiger partial charge >= 0.3 is 0 Å². The zero-order valence-electron chi connectivity index (χ0n) is 54.5. The summed E-state index contributed by atoms with van der Waals surface area (Å²) in [5.74, 6) is -14.9. The summed E-state index contributed by atoms with van der Waals surface area (Å²) in [6.45, 7) is 6.36. The summed E-state index contributed by atoms with van der Waals surface area (Å²) in [4.78, 5) is 175. The molecule has 21 N–H and O–H groups in total. The molecule has 0 bridgehead atoms. The molecule has 31 heteroatoms. The lowest BCUT2D eigenvalue weighted by atomic mass is 10.0. The number of amides is 13. The Bertz CT molecular complexity index is 2350. The second kappa shape index (κ2) is 46.9. The van der Waals surface area contributed by atoms with Gasteiger partial charge in [0.15, 0.2) is 0 Å². The molecule has 1 rings (SSSR count). The molecular formula is C61H109N13O18. The van der Waals surface area contributed by atoms with Crippen molar-refractivity contribution in [3.8, 4) is 0 Å². The van der Waals surface area contributed by atoms with Gasteiger partial charge in [-0.2, -0.15) is 0 Å². The van der Waals surface area contributed by atoms with Crippen molar-refractivity contribution in [3.63, 3.8) is 0 Å². The van der Waals surface area contributed by atoms with Gasteiger partial charge in [-0.15, -0.1) is 0 Å². The Hall–Kier alpha value is -7.09. The quantitative estimate of drug-likeness (QED) is 0.0289. The van der Waals surface area contributed by atoms with E-state index in [1.54, 1.807) is 0 Å². The van der Waals surface area contributed by atoms with E-state index in [1.165, 1.54) is 12.8 Å². The van der Waals surface area contributed by atoms with E-state index in [0.717, 1.165) is 97.8 Å². The first-order valence-corrected chi connectivity index (χ1v) is 32.7. The van der Waals surface area contributed by atoms with E-state index in [0.29, 0.717) is 44.9 Å². The van der Waals surface area contributed by atoms with Crippen molar-refractivity contribution in [3.05, 3.63) is 0 Å². The van der Waals surface area contributed by atoms with Gasteiger partial charge < -0.3 is 95.9 Å². The van der Waals surface area contributed by atoms with Gasteiger partial charge in [0.25, 0.3) is 0 Å². The third kappa shape index (κ3) is 36.2. The van der Waals surface area contributed by atoms with E-state index in [4.69, 9.17) is 17.2 Å². The van der Waals surface area contributed by atoms with Gasteiger partial charge in [-0.05, 0) is 59.3 Å². The van der Waals surface area contributed by atoms with Crippen LogP contribution >= 0.6 is 0 Å². The Labute approximate surface area is 539 Å². The maximum atomic E-state index is 14.1. The summed E-state index contributed by atoms with van der Waals surface area (Å²) in [7, 11) is 0. The van der Waals surface area contributed by atoms with Crippen LogP contribution < -0.4 is 70.4 Å². The van der Waals surface area contributed by atoms with Crippen LogP contribution in [0.2, 0.25) is 0 Å². The third-order valence-electron chi connectivity index (χ3n) is 15.6. The highest BCUT2D eigenvalue weighted by atomic mass is 16.3. The molecular weight excluding hydrogens is 1200 g/mol. The molecule has 0 aromatic carbocycles. The van der Waals surface area contributed by atoms with E-state index in [2.05, 4.69) is 67.0 Å². The molecule has 31 nitrogen and oxygen atoms in total. The number of aliphatic hydroxyl groups is 5. The second-order valence-electron chi connectivity index (χ2n) is 24.1. The number of carbonyl (C=O) groups is 13. The van der Waals surface area contributed by atoms with Crippen LogP contribution in [0.4, 0.5) is 0 Å². The molecule has 1 aliphatic rings. The highest BCUT2D eigenvalue weighted by Gasteiger charge is 2.38. The second-order valence-corrected chi connectivity index (χ2v) is 24.1. The lowest BCUT2D eigenvalue weighted by Crippen LogP contribution is -2.63. The predicted octanol–water partition coefficient (Wildman–Crippen LogP) is -2.61. The lowest BCUT2D eigenvalue weighted by molar-refractivity contribution is -0.139. The molecule has 0 aliphatic carbocycles. The zero-order valence-corrected chi connectivity index (χ0v) is 54.5. The molecule has 92 heavy (non-hydrogen) atoms. The minimum Gasteiger partial charge on any atom is -0.393 e. The SMILES string of the molecule is CCCCCCCCCCC[C@H](O)CC[C@H]1NC(=O)[C@@H]([C@H](C)O)NC(=O)[C@H]([C@H](C)O)NC(=O)[C@@H](C[C@@H](O)C(N)=O)NC(=O)[C@H](C)NC(=O)[C@H](CC(N)=O)NC(=O)[C@@H](CC(N)=O)NC(=O)[C@H](CCCCCCC[C@H](O)CCCCCC)NC(=O)CCNC(=O)CNC1=O. The molecule has 1 fully saturated rings. The summed E-state index contributed by atoms with van der Waals surface area (Å²) < 4.78 is 0. The summed E-state index contributed by atoms with van der Waals surface area (Å²) in [6.07, 6.45) is 7.57. The molecule has 0 spiro atoms. The fraction of sp³-hybridized carbons (Fsp3) is 0.787. The van der Waals surface area contributed by atoms with Crippen LogP contribution in [0.25, 0.3) is 0 Å². The van der Waals surface area contributed by atoms with E-state index >= 15 is 0 Å². The van der Waals surface area contributed by atoms with Crippen LogP contribution in [-0.4, -0.2) is 194 Å². The van der Waals surface area contributed by atoms with Crippen molar-refractivity contribution in [2.45, 2.75) is 293 Å². The Morgan fingerprint density at radius 2 is 0.815 bits per heavy atom. The molecule has 0 unspecified atom stereocenters. The predicted molar refractivity (Wildman–Crippen MR) is 337 cm³/mol. The van der Waals surface area contributed by atoms with Crippen molar-refractivity contribution >= 4 is 76.8 Å². The van der Waals surface area contributed by atoms with Crippen molar-refractivity contribution in [1.29, 1.82) is 0 Å². The number of rotatable bonds is 35. The fourth-order valence-corrected chi connectivity index (χ4v) is 10.1. The van der Waals surface area contributed by atoms with Gasteiger partial charge in [-0.3, -0.25) is 62.3 Å². The largest absolute Gasteiger partial charge is 0.393 e. The van der Waals surface area contributed by atoms with Crippen LogP contribution in [0.15, 0.2) is 0 Å². The Morgan fingerprint density at radius 1 is 0.424 bits per heavy atom. The molecule has 0 aromatic rings. The summed E-state index contributed by atoms with van der Waals surface area (Å²) in [6, 6.07) is -14.4. The van der Waals surface area contributed by atoms with E-state index < -0.39 is 188 Å². The smallest absolute Gasteiger partial charge is 0.246 e. The third-order valence-corrected chi connectivity index (χ3v) is 15.6. The summed E-state index contributed by atoms with van der Waals surface area (Å²) in [5.41, 5.74) is 16.1. The Balaban J connectivity index is 3.76. The standard InChI is InChI=1S/C61H109N13O18/c1-6-8-10-12-13-14-15-17-22-26-40(78)28-29-42-55(86)66-35-50(83)65-31-30-49(82)68-41(27-23-19-16-18-21-25-39(77)24-20-11-9-7-2)56(87)71-45(34-48(63)81)58(89)72-44(33-47(62)80)57(88)67-36(3)54(85)70-43(32-46(79)53(64)84)59(90)73-52(38(5)76)61(92)74-51(37(4)75)60(91)69-42/h36-46,51-52,75-79H,6-35H2,1-5H3,(H2,62,80)(H2,63,81)(H2,64,84)(H,65,83)(H,66,86)(H,67,88)(H,68,82)(H,69,91)(H,70,85)(H,71,87)(H,72,89)(H,73,90)(H,74,92)/t36-,37-,38-,39+,40-,41-,42+,43+,44-,45+,46+,51+,52-/m0/s1. The van der Waals surface area contributed by atoms with Gasteiger partial charge in [0.2, 0.25) is 76.8 Å². The minimum absolute atomic E-state index is 0.0168. The first-order chi connectivity index (χ1) is 43.5. The van der Waals surface area contributed by atoms with Crippen LogP contribution in [-0.2, 0) is 62.3 Å². The number of carbonyl (C=O) groups excluding carboxylic acids is 13. The minimum atomic E-state index is -2.15. The van der Waals surface area contributed by atoms with Crippen LogP contribution in [0.3, 0.4) is 0 Å². The fourth-order valence-electron chi connectivity index (χ4n) is 10.1. The molecule has 0 aromatic heterocycles. The first kappa shape index (κ1) is 82.9. The van der Waals surface area contributed by atoms with Crippen LogP contribution in [0.1, 0.15) is 214 Å². The van der Waals surface area contributed by atoms with Gasteiger partial charge in [-0.1, -0.05) is 129 Å². The maximum Gasteiger partial charge on any atom is 0.246 e. The van der Waals surface area contributed by atoms with Crippen molar-refractivity contribution in [1.82, 2.24) is 53.2 Å². The maximum absolute atomic E-state index is 14.1. The van der Waals surface area contributed by atoms with Crippen LogP contribution in [0, 0.1) is 0 Å². The average Bonchev–Trinajstić information content (AvgIpc) is 0.939. The number of nitrogens with two attached hydrogens (primary N) is 3.